The second-order valence-corrected chi connectivity index (χ2v) is 12.3. The van der Waals surface area contributed by atoms with E-state index in [1.165, 1.54) is 13.8 Å². The number of halogens is 16. The molecule has 324 valence electrons. The largest absolute Gasteiger partial charge is 0.476 e. The van der Waals surface area contributed by atoms with E-state index >= 15 is 0 Å². The zero-order chi connectivity index (χ0) is 42.7. The van der Waals surface area contributed by atoms with Crippen molar-refractivity contribution in [1.82, 2.24) is 0 Å². The Bertz CT molecular complexity index is 1050. The standard InChI is InChI=1S/C8H10F6O2.C7H7F7O2.C7H11F3O3.C6H14.2CH4/c1-4(2)5(15)16-6(3,7(9,10)11)8(12,13)14;1-3(2)4(15)16-7(13,14)5(8,9)6(10,11)12;1-4(2)5(11)13-6(3,12)7(8,9)10;1-5(2)6(3)4;;/h4H,1-3H3;3H,1-2H3;4,12H,1-3H3;5-6H,1-4H3;2*1H4. The molecule has 0 radical (unpaired) electrons. The Hall–Kier alpha value is -2.75. The number of hydrogen-bond acceptors (Lipinski definition) is 7. The van der Waals surface area contributed by atoms with Crippen molar-refractivity contribution < 1.29 is 104 Å². The van der Waals surface area contributed by atoms with Crippen LogP contribution in [0.1, 0.15) is 97.9 Å². The Morgan fingerprint density at radius 2 is 0.679 bits per heavy atom. The summed E-state index contributed by atoms with van der Waals surface area (Å²) in [6.45, 7) is 16.1. The molecule has 53 heavy (non-hydrogen) atoms. The van der Waals surface area contributed by atoms with E-state index in [1.807, 2.05) is 0 Å². The molecule has 0 bridgehead atoms. The van der Waals surface area contributed by atoms with E-state index in [9.17, 15) is 84.6 Å². The minimum Gasteiger partial charge on any atom is -0.440 e. The van der Waals surface area contributed by atoms with Gasteiger partial charge in [0.2, 0.25) is 0 Å². The number of esters is 3. The first kappa shape index (κ1) is 62.2. The Kier molecular flexibility index (Phi) is 25.8. The van der Waals surface area contributed by atoms with Crippen LogP contribution in [0.2, 0.25) is 0 Å². The molecular formula is C30H50F16O7. The number of hydrogen-bond donors (Lipinski definition) is 1. The van der Waals surface area contributed by atoms with Crippen molar-refractivity contribution in [2.45, 2.75) is 146 Å². The summed E-state index contributed by atoms with van der Waals surface area (Å²) >= 11 is 0. The summed E-state index contributed by atoms with van der Waals surface area (Å²) in [6, 6.07) is 0. The number of ether oxygens (including phenoxy) is 3. The zero-order valence-corrected chi connectivity index (χ0v) is 29.3. The molecule has 23 heteroatoms. The highest BCUT2D eigenvalue weighted by molar-refractivity contribution is 5.72. The molecule has 0 aliphatic heterocycles. The van der Waals surface area contributed by atoms with Crippen LogP contribution in [0.3, 0.4) is 0 Å². The summed E-state index contributed by atoms with van der Waals surface area (Å²) in [7, 11) is 0. The van der Waals surface area contributed by atoms with E-state index in [4.69, 9.17) is 5.11 Å². The molecule has 0 spiro atoms. The molecule has 0 aromatic heterocycles. The molecule has 1 N–H and O–H groups in total. The molecule has 0 fully saturated rings. The monoisotopic (exact) mass is 826 g/mol. The quantitative estimate of drug-likeness (QED) is 0.113. The van der Waals surface area contributed by atoms with E-state index in [1.54, 1.807) is 0 Å². The predicted molar refractivity (Wildman–Crippen MR) is 159 cm³/mol. The van der Waals surface area contributed by atoms with Crippen LogP contribution in [-0.2, 0) is 28.6 Å². The van der Waals surface area contributed by atoms with E-state index in [-0.39, 0.29) is 21.8 Å². The average molecular weight is 827 g/mol. The molecule has 0 rings (SSSR count). The highest BCUT2D eigenvalue weighted by atomic mass is 19.4. The molecule has 0 aromatic carbocycles. The number of alkyl halides is 16. The van der Waals surface area contributed by atoms with Gasteiger partial charge in [-0.25, -0.2) is 0 Å². The van der Waals surface area contributed by atoms with Gasteiger partial charge in [-0.15, -0.1) is 0 Å². The van der Waals surface area contributed by atoms with Gasteiger partial charge in [-0.1, -0.05) is 84.1 Å². The predicted octanol–water partition coefficient (Wildman–Crippen LogP) is 11.1. The van der Waals surface area contributed by atoms with Crippen LogP contribution in [-0.4, -0.2) is 71.1 Å². The fourth-order valence-corrected chi connectivity index (χ4v) is 1.44. The third-order valence-electron chi connectivity index (χ3n) is 5.91. The summed E-state index contributed by atoms with van der Waals surface area (Å²) < 4.78 is 203. The molecule has 7 nitrogen and oxygen atoms in total. The van der Waals surface area contributed by atoms with E-state index in [0.29, 0.717) is 6.92 Å². The van der Waals surface area contributed by atoms with Crippen LogP contribution in [0.4, 0.5) is 70.2 Å². The SMILES string of the molecule is C.C.CC(C)C(=O)OC(C)(C(F)(F)F)C(F)(F)F.CC(C)C(=O)OC(C)(O)C(F)(F)F.CC(C)C(=O)OC(F)(F)C(F)(F)C(F)(F)F.CC(C)C(C)C. The average Bonchev–Trinajstić information content (AvgIpc) is 2.86. The van der Waals surface area contributed by atoms with E-state index in [2.05, 4.69) is 41.9 Å². The molecule has 0 aliphatic rings. The van der Waals surface area contributed by atoms with Gasteiger partial charge in [0.25, 0.3) is 5.60 Å². The molecule has 1 unspecified atom stereocenters. The van der Waals surface area contributed by atoms with Gasteiger partial charge in [0, 0.05) is 6.92 Å². The third-order valence-corrected chi connectivity index (χ3v) is 5.91. The van der Waals surface area contributed by atoms with Crippen molar-refractivity contribution >= 4 is 17.9 Å². The first-order valence-corrected chi connectivity index (χ1v) is 14.3. The molecule has 0 saturated carbocycles. The fourth-order valence-electron chi connectivity index (χ4n) is 1.44. The topological polar surface area (TPSA) is 99.1 Å². The van der Waals surface area contributed by atoms with Crippen LogP contribution >= 0.6 is 0 Å². The highest BCUT2D eigenvalue weighted by Gasteiger charge is 2.76. The van der Waals surface area contributed by atoms with Crippen molar-refractivity contribution in [2.24, 2.45) is 29.6 Å². The van der Waals surface area contributed by atoms with Gasteiger partial charge in [-0.3, -0.25) is 14.4 Å². The van der Waals surface area contributed by atoms with Gasteiger partial charge in [-0.05, 0) is 18.8 Å². The summed E-state index contributed by atoms with van der Waals surface area (Å²) in [5, 5.41) is 8.70. The van der Waals surface area contributed by atoms with Crippen molar-refractivity contribution in [2.75, 3.05) is 0 Å². The molecule has 0 saturated heterocycles. The van der Waals surface area contributed by atoms with Crippen LogP contribution in [0.5, 0.6) is 0 Å². The van der Waals surface area contributed by atoms with E-state index in [0.717, 1.165) is 39.5 Å². The highest BCUT2D eigenvalue weighted by Crippen LogP contribution is 2.47. The van der Waals surface area contributed by atoms with E-state index < -0.39 is 83.8 Å². The first-order chi connectivity index (χ1) is 21.9. The maximum atomic E-state index is 12.4. The van der Waals surface area contributed by atoms with Gasteiger partial charge < -0.3 is 19.3 Å². The molecule has 0 aromatic rings. The van der Waals surface area contributed by atoms with Crippen molar-refractivity contribution in [1.29, 1.82) is 0 Å². The lowest BCUT2D eigenvalue weighted by Crippen LogP contribution is -2.57. The molecule has 0 aliphatic carbocycles. The summed E-state index contributed by atoms with van der Waals surface area (Å²) in [6.07, 6.45) is -28.8. The maximum Gasteiger partial charge on any atom is 0.476 e. The maximum absolute atomic E-state index is 12.4. The number of aliphatic hydroxyl groups is 1. The lowest BCUT2D eigenvalue weighted by molar-refractivity contribution is -0.413. The third kappa shape index (κ3) is 20.5. The minimum atomic E-state index is -6.51. The summed E-state index contributed by atoms with van der Waals surface area (Å²) in [5.41, 5.74) is -4.47. The number of carbonyl (C=O) groups is 3. The fraction of sp³-hybridized carbons (Fsp3) is 0.900. The Morgan fingerprint density at radius 1 is 0.434 bits per heavy atom. The summed E-state index contributed by atoms with van der Waals surface area (Å²) in [4.78, 5) is 32.1. The minimum absolute atomic E-state index is 0. The smallest absolute Gasteiger partial charge is 0.440 e. The lowest BCUT2D eigenvalue weighted by atomic mass is 10.0. The summed E-state index contributed by atoms with van der Waals surface area (Å²) in [5.74, 6) is -15.7. The van der Waals surface area contributed by atoms with Crippen LogP contribution < -0.4 is 0 Å². The number of rotatable bonds is 8. The molecule has 0 amide bonds. The van der Waals surface area contributed by atoms with Crippen molar-refractivity contribution in [3.63, 3.8) is 0 Å². The van der Waals surface area contributed by atoms with Gasteiger partial charge in [0.15, 0.2) is 0 Å². The van der Waals surface area contributed by atoms with Gasteiger partial charge >= 0.3 is 60.4 Å². The van der Waals surface area contributed by atoms with Gasteiger partial charge in [0.05, 0.1) is 17.8 Å². The molecule has 0 heterocycles. The Labute approximate surface area is 298 Å². The Balaban J connectivity index is -0.000000143. The van der Waals surface area contributed by atoms with Crippen molar-refractivity contribution in [3.8, 4) is 0 Å². The lowest BCUT2D eigenvalue weighted by Gasteiger charge is -2.33. The normalized spacial score (nSPS) is 13.9. The second-order valence-electron chi connectivity index (χ2n) is 12.3. The first-order valence-electron chi connectivity index (χ1n) is 14.3. The zero-order valence-electron chi connectivity index (χ0n) is 29.3. The molecule has 1 atom stereocenters. The second kappa shape index (κ2) is 22.0. The van der Waals surface area contributed by atoms with Crippen molar-refractivity contribution in [3.05, 3.63) is 0 Å². The molecular weight excluding hydrogens is 776 g/mol. The van der Waals surface area contributed by atoms with Gasteiger partial charge in [-0.2, -0.15) is 70.2 Å². The van der Waals surface area contributed by atoms with Crippen LogP contribution in [0.25, 0.3) is 0 Å². The Morgan fingerprint density at radius 3 is 0.868 bits per heavy atom. The van der Waals surface area contributed by atoms with Crippen LogP contribution in [0.15, 0.2) is 0 Å². The number of carbonyl (C=O) groups excluding carboxylic acids is 3. The van der Waals surface area contributed by atoms with Crippen LogP contribution in [0, 0.1) is 29.6 Å². The van der Waals surface area contributed by atoms with Gasteiger partial charge in [0.1, 0.15) is 0 Å².